The van der Waals surface area contributed by atoms with Crippen molar-refractivity contribution >= 4 is 0 Å². The molecule has 0 amide bonds. The van der Waals surface area contributed by atoms with Gasteiger partial charge in [0, 0.05) is 12.2 Å². The zero-order valence-electron chi connectivity index (χ0n) is 10.6. The van der Waals surface area contributed by atoms with Gasteiger partial charge < -0.3 is 9.84 Å². The Hall–Kier alpha value is -1.51. The molecule has 1 aromatic carbocycles. The number of nitriles is 1. The summed E-state index contributed by atoms with van der Waals surface area (Å²) in [5.41, 5.74) is -3.28. The normalized spacial score (nSPS) is 26.5. The maximum absolute atomic E-state index is 13.9. The number of hydrogen-bond acceptors (Lipinski definition) is 3. The Morgan fingerprint density at radius 2 is 2.21 bits per heavy atom. The van der Waals surface area contributed by atoms with Gasteiger partial charge in [0.25, 0.3) is 0 Å². The molecule has 5 heteroatoms. The lowest BCUT2D eigenvalue weighted by Gasteiger charge is -2.42. The minimum Gasteiger partial charge on any atom is -0.384 e. The van der Waals surface area contributed by atoms with E-state index in [9.17, 15) is 19.1 Å². The molecule has 0 saturated carbocycles. The first-order valence-corrected chi connectivity index (χ1v) is 6.10. The van der Waals surface area contributed by atoms with Gasteiger partial charge in [-0.25, -0.2) is 8.78 Å². The number of rotatable bonds is 2. The Labute approximate surface area is 110 Å². The van der Waals surface area contributed by atoms with E-state index in [0.717, 1.165) is 6.07 Å². The van der Waals surface area contributed by atoms with Gasteiger partial charge in [-0.2, -0.15) is 5.26 Å². The van der Waals surface area contributed by atoms with Crippen molar-refractivity contribution in [2.75, 3.05) is 13.2 Å². The first-order chi connectivity index (χ1) is 8.94. The second kappa shape index (κ2) is 4.87. The molecular formula is C14H15F2NO2. The van der Waals surface area contributed by atoms with Crippen LogP contribution in [0, 0.1) is 28.4 Å². The standard InChI is InChI=1S/C14H15F2NO2/c1-13(18,10-4-2-5-11(15)12(10)16)14(8-17)6-3-7-19-9-14/h2,4-5,18H,3,6-7,9H2,1H3. The summed E-state index contributed by atoms with van der Waals surface area (Å²) in [5, 5.41) is 20.0. The van der Waals surface area contributed by atoms with Crippen LogP contribution in [0.25, 0.3) is 0 Å². The van der Waals surface area contributed by atoms with E-state index < -0.39 is 22.7 Å². The van der Waals surface area contributed by atoms with Gasteiger partial charge in [0.1, 0.15) is 11.0 Å². The minimum absolute atomic E-state index is 0.00640. The summed E-state index contributed by atoms with van der Waals surface area (Å²) >= 11 is 0. The monoisotopic (exact) mass is 267 g/mol. The molecule has 0 radical (unpaired) electrons. The second-order valence-corrected chi connectivity index (χ2v) is 5.02. The molecular weight excluding hydrogens is 252 g/mol. The molecule has 1 saturated heterocycles. The van der Waals surface area contributed by atoms with Crippen LogP contribution in [0.15, 0.2) is 18.2 Å². The fourth-order valence-corrected chi connectivity index (χ4v) is 2.51. The molecule has 2 rings (SSSR count). The quantitative estimate of drug-likeness (QED) is 0.895. The van der Waals surface area contributed by atoms with Crippen molar-refractivity contribution in [3.8, 4) is 6.07 Å². The Bertz CT molecular complexity index is 517. The fraction of sp³-hybridized carbons (Fsp3) is 0.500. The van der Waals surface area contributed by atoms with Gasteiger partial charge in [0.15, 0.2) is 11.6 Å². The number of aliphatic hydroxyl groups is 1. The SMILES string of the molecule is CC(O)(c1cccc(F)c1F)C1(C#N)CCCOC1. The van der Waals surface area contributed by atoms with Crippen molar-refractivity contribution < 1.29 is 18.6 Å². The third-order valence-corrected chi connectivity index (χ3v) is 3.86. The molecule has 2 atom stereocenters. The predicted octanol–water partition coefficient (Wildman–Crippen LogP) is 2.49. The summed E-state index contributed by atoms with van der Waals surface area (Å²) in [4.78, 5) is 0. The second-order valence-electron chi connectivity index (χ2n) is 5.02. The molecule has 3 nitrogen and oxygen atoms in total. The summed E-state index contributed by atoms with van der Waals surface area (Å²) in [6.45, 7) is 1.85. The van der Waals surface area contributed by atoms with E-state index in [1.165, 1.54) is 19.1 Å². The average Bonchev–Trinajstić information content (AvgIpc) is 2.42. The Morgan fingerprint density at radius 1 is 1.47 bits per heavy atom. The van der Waals surface area contributed by atoms with Gasteiger partial charge in [0.05, 0.1) is 12.7 Å². The maximum Gasteiger partial charge on any atom is 0.164 e. The molecule has 0 spiro atoms. The van der Waals surface area contributed by atoms with Gasteiger partial charge in [-0.3, -0.25) is 0 Å². The van der Waals surface area contributed by atoms with E-state index >= 15 is 0 Å². The fourth-order valence-electron chi connectivity index (χ4n) is 2.51. The summed E-state index contributed by atoms with van der Waals surface area (Å²) in [7, 11) is 0. The third kappa shape index (κ3) is 2.11. The van der Waals surface area contributed by atoms with Crippen LogP contribution in [0.5, 0.6) is 0 Å². The van der Waals surface area contributed by atoms with Crippen LogP contribution in [0.1, 0.15) is 25.3 Å². The number of benzene rings is 1. The summed E-state index contributed by atoms with van der Waals surface area (Å²) < 4.78 is 32.4. The highest BCUT2D eigenvalue weighted by atomic mass is 19.2. The predicted molar refractivity (Wildman–Crippen MR) is 64.0 cm³/mol. The molecule has 1 N–H and O–H groups in total. The maximum atomic E-state index is 13.9. The zero-order valence-corrected chi connectivity index (χ0v) is 10.6. The Morgan fingerprint density at radius 3 is 2.79 bits per heavy atom. The van der Waals surface area contributed by atoms with E-state index in [1.54, 1.807) is 0 Å². The molecule has 1 aliphatic rings. The van der Waals surface area contributed by atoms with Crippen molar-refractivity contribution in [3.05, 3.63) is 35.4 Å². The molecule has 0 aliphatic carbocycles. The van der Waals surface area contributed by atoms with Crippen LogP contribution < -0.4 is 0 Å². The van der Waals surface area contributed by atoms with Crippen LogP contribution in [0.4, 0.5) is 8.78 Å². The molecule has 102 valence electrons. The summed E-state index contributed by atoms with van der Waals surface area (Å²) in [6, 6.07) is 5.63. The topological polar surface area (TPSA) is 53.2 Å². The lowest BCUT2D eigenvalue weighted by molar-refractivity contribution is -0.115. The Kier molecular flexibility index (Phi) is 3.57. The zero-order chi connectivity index (χ0) is 14.1. The highest BCUT2D eigenvalue weighted by Crippen LogP contribution is 2.45. The Balaban J connectivity index is 2.51. The number of nitrogens with zero attached hydrogens (tertiary/aromatic N) is 1. The lowest BCUT2D eigenvalue weighted by atomic mass is 9.67. The molecule has 0 bridgehead atoms. The third-order valence-electron chi connectivity index (χ3n) is 3.86. The van der Waals surface area contributed by atoms with Crippen LogP contribution in [0.2, 0.25) is 0 Å². The molecule has 2 unspecified atom stereocenters. The van der Waals surface area contributed by atoms with E-state index in [2.05, 4.69) is 0 Å². The van der Waals surface area contributed by atoms with E-state index in [0.29, 0.717) is 19.4 Å². The molecule has 1 fully saturated rings. The molecule has 19 heavy (non-hydrogen) atoms. The smallest absolute Gasteiger partial charge is 0.164 e. The molecule has 1 heterocycles. The number of ether oxygens (including phenoxy) is 1. The number of halogens is 2. The first-order valence-electron chi connectivity index (χ1n) is 6.10. The van der Waals surface area contributed by atoms with E-state index in [1.807, 2.05) is 6.07 Å². The van der Waals surface area contributed by atoms with Crippen molar-refractivity contribution in [3.63, 3.8) is 0 Å². The highest BCUT2D eigenvalue weighted by molar-refractivity contribution is 5.30. The molecule has 1 aliphatic heterocycles. The highest BCUT2D eigenvalue weighted by Gasteiger charge is 2.51. The number of hydrogen-bond donors (Lipinski definition) is 1. The van der Waals surface area contributed by atoms with Gasteiger partial charge in [0.2, 0.25) is 0 Å². The minimum atomic E-state index is -1.81. The van der Waals surface area contributed by atoms with E-state index in [4.69, 9.17) is 4.74 Å². The van der Waals surface area contributed by atoms with E-state index in [-0.39, 0.29) is 12.2 Å². The molecule has 1 aromatic rings. The summed E-state index contributed by atoms with van der Waals surface area (Å²) in [5.74, 6) is -2.16. The van der Waals surface area contributed by atoms with Gasteiger partial charge in [-0.1, -0.05) is 12.1 Å². The largest absolute Gasteiger partial charge is 0.384 e. The van der Waals surface area contributed by atoms with Crippen molar-refractivity contribution in [2.45, 2.75) is 25.4 Å². The van der Waals surface area contributed by atoms with Crippen molar-refractivity contribution in [2.24, 2.45) is 5.41 Å². The van der Waals surface area contributed by atoms with Crippen LogP contribution in [0.3, 0.4) is 0 Å². The van der Waals surface area contributed by atoms with Crippen LogP contribution >= 0.6 is 0 Å². The van der Waals surface area contributed by atoms with Crippen molar-refractivity contribution in [1.29, 1.82) is 5.26 Å². The van der Waals surface area contributed by atoms with Crippen LogP contribution in [-0.4, -0.2) is 18.3 Å². The van der Waals surface area contributed by atoms with Crippen LogP contribution in [-0.2, 0) is 10.3 Å². The van der Waals surface area contributed by atoms with Gasteiger partial charge in [-0.15, -0.1) is 0 Å². The van der Waals surface area contributed by atoms with Crippen molar-refractivity contribution in [1.82, 2.24) is 0 Å². The lowest BCUT2D eigenvalue weighted by Crippen LogP contribution is -2.48. The molecule has 0 aromatic heterocycles. The van der Waals surface area contributed by atoms with Gasteiger partial charge in [-0.05, 0) is 25.8 Å². The summed E-state index contributed by atoms with van der Waals surface area (Å²) in [6.07, 6.45) is 0.979. The van der Waals surface area contributed by atoms with Gasteiger partial charge >= 0.3 is 0 Å². The average molecular weight is 267 g/mol. The first kappa shape index (κ1) is 13.9.